The number of benzene rings is 2. The van der Waals surface area contributed by atoms with Gasteiger partial charge in [0.05, 0.1) is 26.4 Å². The van der Waals surface area contributed by atoms with Crippen molar-refractivity contribution in [3.05, 3.63) is 85.0 Å². The lowest BCUT2D eigenvalue weighted by molar-refractivity contribution is -0.138. The van der Waals surface area contributed by atoms with Crippen LogP contribution in [0.2, 0.25) is 0 Å². The first-order valence-corrected chi connectivity index (χ1v) is 15.2. The summed E-state index contributed by atoms with van der Waals surface area (Å²) in [4.78, 5) is 22.2. The molecule has 0 unspecified atom stereocenters. The molecule has 0 bridgehead atoms. The van der Waals surface area contributed by atoms with Crippen LogP contribution in [0.5, 0.6) is 11.5 Å². The van der Waals surface area contributed by atoms with E-state index in [1.807, 2.05) is 0 Å². The lowest BCUT2D eigenvalue weighted by Gasteiger charge is -2.44. The van der Waals surface area contributed by atoms with Crippen LogP contribution in [0, 0.1) is 5.92 Å². The maximum atomic E-state index is 11.1. The van der Waals surface area contributed by atoms with Gasteiger partial charge in [-0.2, -0.15) is 0 Å². The van der Waals surface area contributed by atoms with Crippen molar-refractivity contribution in [3.8, 4) is 11.5 Å². The van der Waals surface area contributed by atoms with Crippen LogP contribution in [-0.2, 0) is 29.9 Å². The molecule has 0 heterocycles. The van der Waals surface area contributed by atoms with Gasteiger partial charge >= 0.3 is 11.9 Å². The molecule has 0 amide bonds. The van der Waals surface area contributed by atoms with E-state index in [0.717, 1.165) is 50.0 Å². The number of carbonyl (C=O) groups excluding carboxylic acids is 2. The van der Waals surface area contributed by atoms with E-state index in [9.17, 15) is 9.59 Å². The molecule has 0 radical (unpaired) electrons. The van der Waals surface area contributed by atoms with Crippen LogP contribution in [0.25, 0.3) is 0 Å². The van der Waals surface area contributed by atoms with Gasteiger partial charge < -0.3 is 18.9 Å². The zero-order valence-electron chi connectivity index (χ0n) is 25.7. The van der Waals surface area contributed by atoms with Gasteiger partial charge in [0, 0.05) is 12.2 Å². The molecule has 0 spiro atoms. The van der Waals surface area contributed by atoms with E-state index in [1.54, 1.807) is 0 Å². The Morgan fingerprint density at radius 2 is 1.19 bits per heavy atom. The Morgan fingerprint density at radius 3 is 1.64 bits per heavy atom. The van der Waals surface area contributed by atoms with E-state index in [-0.39, 0.29) is 22.8 Å². The van der Waals surface area contributed by atoms with Gasteiger partial charge in [0.15, 0.2) is 0 Å². The predicted octanol–water partition coefficient (Wildman–Crippen LogP) is 7.89. The summed E-state index contributed by atoms with van der Waals surface area (Å²) < 4.78 is 21.8. The van der Waals surface area contributed by atoms with Crippen molar-refractivity contribution in [1.82, 2.24) is 0 Å². The number of unbranched alkanes of at least 4 members (excludes halogenated alkanes) is 2. The quantitative estimate of drug-likeness (QED) is 0.108. The monoisotopic (exact) mass is 576 g/mol. The minimum atomic E-state index is -0.382. The second kappa shape index (κ2) is 16.2. The normalized spacial score (nSPS) is 18.5. The lowest BCUT2D eigenvalue weighted by atomic mass is 9.60. The molecular weight excluding hydrogens is 528 g/mol. The Hall–Kier alpha value is -3.54. The Morgan fingerprint density at radius 1 is 0.762 bits per heavy atom. The molecule has 6 nitrogen and oxygen atoms in total. The second-order valence-electron chi connectivity index (χ2n) is 12.0. The fourth-order valence-electron chi connectivity index (χ4n) is 5.69. The predicted molar refractivity (Wildman–Crippen MR) is 167 cm³/mol. The first-order chi connectivity index (χ1) is 20.2. The standard InChI is InChI=1S/C36H48O6/c1-6-33(37)41-26-10-8-24-39-31-16-12-28(13-17-31)35(3,4)29-20-22-36(5,23-21-29)30-14-18-32(19-15-30)40-25-9-11-27-42-34(38)7-2/h6-7,12-19,29H,1-2,8-11,20-27H2,3-5H3. The minimum absolute atomic E-state index is 0.0800. The average molecular weight is 577 g/mol. The largest absolute Gasteiger partial charge is 0.494 e. The zero-order valence-corrected chi connectivity index (χ0v) is 25.7. The topological polar surface area (TPSA) is 71.1 Å². The summed E-state index contributed by atoms with van der Waals surface area (Å²) in [6, 6.07) is 17.2. The highest BCUT2D eigenvalue weighted by Gasteiger charge is 2.39. The maximum Gasteiger partial charge on any atom is 0.330 e. The third-order valence-corrected chi connectivity index (χ3v) is 8.70. The molecule has 0 aromatic heterocycles. The summed E-state index contributed by atoms with van der Waals surface area (Å²) in [5, 5.41) is 0. The first-order valence-electron chi connectivity index (χ1n) is 15.2. The van der Waals surface area contributed by atoms with E-state index in [1.165, 1.54) is 36.1 Å². The van der Waals surface area contributed by atoms with Gasteiger partial charge in [0.25, 0.3) is 0 Å². The van der Waals surface area contributed by atoms with Crippen molar-refractivity contribution in [1.29, 1.82) is 0 Å². The number of rotatable bonds is 17. The Kier molecular flexibility index (Phi) is 12.7. The van der Waals surface area contributed by atoms with Crippen LogP contribution in [0.4, 0.5) is 0 Å². The summed E-state index contributed by atoms with van der Waals surface area (Å²) in [6.45, 7) is 15.9. The molecule has 3 rings (SSSR count). The number of carbonyl (C=O) groups is 2. The maximum absolute atomic E-state index is 11.1. The van der Waals surface area contributed by atoms with Crippen LogP contribution in [0.1, 0.15) is 83.3 Å². The SMILES string of the molecule is C=CC(=O)OCCCCOc1ccc(C2(C)CCC(C(C)(C)c3ccc(OCCCCOC(=O)C=C)cc3)CC2)cc1. The number of ether oxygens (including phenoxy) is 4. The van der Waals surface area contributed by atoms with E-state index in [4.69, 9.17) is 18.9 Å². The fraction of sp³-hybridized carbons (Fsp3) is 0.500. The highest BCUT2D eigenvalue weighted by Crippen LogP contribution is 2.48. The molecule has 0 atom stereocenters. The lowest BCUT2D eigenvalue weighted by Crippen LogP contribution is -2.36. The summed E-state index contributed by atoms with van der Waals surface area (Å²) in [5.74, 6) is 1.60. The van der Waals surface area contributed by atoms with Gasteiger partial charge in [-0.3, -0.25) is 0 Å². The number of hydrogen-bond acceptors (Lipinski definition) is 6. The highest BCUT2D eigenvalue weighted by molar-refractivity contribution is 5.81. The molecule has 1 aliphatic rings. The van der Waals surface area contributed by atoms with Crippen LogP contribution in [0.15, 0.2) is 73.8 Å². The molecule has 6 heteroatoms. The molecule has 2 aromatic carbocycles. The van der Waals surface area contributed by atoms with Gasteiger partial charge in [-0.05, 0) is 104 Å². The molecule has 42 heavy (non-hydrogen) atoms. The van der Waals surface area contributed by atoms with Crippen molar-refractivity contribution in [2.45, 2.75) is 83.0 Å². The van der Waals surface area contributed by atoms with Gasteiger partial charge in [-0.25, -0.2) is 9.59 Å². The van der Waals surface area contributed by atoms with Crippen molar-refractivity contribution < 1.29 is 28.5 Å². The fourth-order valence-corrected chi connectivity index (χ4v) is 5.69. The van der Waals surface area contributed by atoms with Gasteiger partial charge in [0.2, 0.25) is 0 Å². The molecular formula is C36H48O6. The number of esters is 2. The van der Waals surface area contributed by atoms with Crippen molar-refractivity contribution in [3.63, 3.8) is 0 Å². The van der Waals surface area contributed by atoms with Crippen molar-refractivity contribution in [2.24, 2.45) is 5.92 Å². The molecule has 0 saturated heterocycles. The summed E-state index contributed by atoms with van der Waals surface area (Å²) in [5.41, 5.74) is 2.97. The van der Waals surface area contributed by atoms with E-state index in [0.29, 0.717) is 32.3 Å². The van der Waals surface area contributed by atoms with Crippen LogP contribution in [0.3, 0.4) is 0 Å². The van der Waals surface area contributed by atoms with Gasteiger partial charge in [-0.1, -0.05) is 58.2 Å². The van der Waals surface area contributed by atoms with Gasteiger partial charge in [0.1, 0.15) is 11.5 Å². The van der Waals surface area contributed by atoms with Crippen LogP contribution >= 0.6 is 0 Å². The van der Waals surface area contributed by atoms with Crippen LogP contribution < -0.4 is 9.47 Å². The smallest absolute Gasteiger partial charge is 0.330 e. The summed E-state index contributed by atoms with van der Waals surface area (Å²) in [7, 11) is 0. The Labute approximate surface area is 252 Å². The molecule has 228 valence electrons. The molecule has 0 N–H and O–H groups in total. The third-order valence-electron chi connectivity index (χ3n) is 8.70. The van der Waals surface area contributed by atoms with E-state index >= 15 is 0 Å². The van der Waals surface area contributed by atoms with Crippen LogP contribution in [-0.4, -0.2) is 38.4 Å². The molecule has 2 aromatic rings. The molecule has 1 saturated carbocycles. The second-order valence-corrected chi connectivity index (χ2v) is 12.0. The van der Waals surface area contributed by atoms with E-state index < -0.39 is 0 Å². The Balaban J connectivity index is 1.42. The zero-order chi connectivity index (χ0) is 30.4. The average Bonchev–Trinajstić information content (AvgIpc) is 3.01. The Bertz CT molecular complexity index is 1140. The molecule has 0 aliphatic heterocycles. The van der Waals surface area contributed by atoms with Crippen molar-refractivity contribution >= 4 is 11.9 Å². The first kappa shape index (κ1) is 33.0. The van der Waals surface area contributed by atoms with Crippen molar-refractivity contribution in [2.75, 3.05) is 26.4 Å². The summed E-state index contributed by atoms with van der Waals surface area (Å²) >= 11 is 0. The summed E-state index contributed by atoms with van der Waals surface area (Å²) in [6.07, 6.45) is 10.2. The minimum Gasteiger partial charge on any atom is -0.494 e. The van der Waals surface area contributed by atoms with E-state index in [2.05, 4.69) is 82.5 Å². The third kappa shape index (κ3) is 9.78. The number of hydrogen-bond donors (Lipinski definition) is 0. The molecule has 1 fully saturated rings. The highest BCUT2D eigenvalue weighted by atomic mass is 16.5. The molecule has 1 aliphatic carbocycles. The van der Waals surface area contributed by atoms with Gasteiger partial charge in [-0.15, -0.1) is 0 Å².